The van der Waals surface area contributed by atoms with E-state index < -0.39 is 17.8 Å². The van der Waals surface area contributed by atoms with Crippen LogP contribution in [0.2, 0.25) is 0 Å². The molecular formula is C38H38N2O6. The number of ketones is 2. The Hall–Kier alpha value is -4.56. The van der Waals surface area contributed by atoms with E-state index in [0.717, 1.165) is 43.6 Å². The first-order valence-corrected chi connectivity index (χ1v) is 16.1. The molecule has 0 aromatic heterocycles. The van der Waals surface area contributed by atoms with E-state index in [2.05, 4.69) is 17.0 Å². The minimum Gasteiger partial charge on any atom is -0.504 e. The van der Waals surface area contributed by atoms with Gasteiger partial charge in [-0.25, -0.2) is 0 Å². The number of hydrogen-bond acceptors (Lipinski definition) is 7. The van der Waals surface area contributed by atoms with Crippen molar-refractivity contribution < 1.29 is 29.0 Å². The number of carbonyl (C=O) groups is 4. The van der Waals surface area contributed by atoms with E-state index in [1.165, 1.54) is 18.7 Å². The number of phenolic OH excluding ortho intramolecular Hbond substituents is 1. The van der Waals surface area contributed by atoms with Crippen LogP contribution in [-0.4, -0.2) is 64.5 Å². The molecule has 0 bridgehead atoms. The van der Waals surface area contributed by atoms with Gasteiger partial charge in [0.15, 0.2) is 23.1 Å². The lowest BCUT2D eigenvalue weighted by atomic mass is 9.60. The van der Waals surface area contributed by atoms with Crippen molar-refractivity contribution in [1.29, 1.82) is 0 Å². The summed E-state index contributed by atoms with van der Waals surface area (Å²) in [6, 6.07) is 15.2. The number of aromatic hydroxyl groups is 1. The van der Waals surface area contributed by atoms with Crippen LogP contribution in [0.4, 0.5) is 0 Å². The third-order valence-corrected chi connectivity index (χ3v) is 10.5. The smallest absolute Gasteiger partial charge is 0.233 e. The maximum absolute atomic E-state index is 14.3. The summed E-state index contributed by atoms with van der Waals surface area (Å²) in [6.45, 7) is 4.13. The van der Waals surface area contributed by atoms with E-state index in [4.69, 9.17) is 4.74 Å². The summed E-state index contributed by atoms with van der Waals surface area (Å²) in [5, 5.41) is 10.1. The summed E-state index contributed by atoms with van der Waals surface area (Å²) in [5.41, 5.74) is 4.25. The molecule has 2 aliphatic heterocycles. The Labute approximate surface area is 268 Å². The Morgan fingerprint density at radius 2 is 1.74 bits per heavy atom. The number of rotatable bonds is 6. The molecule has 7 rings (SSSR count). The maximum atomic E-state index is 14.3. The number of amides is 2. The molecule has 2 fully saturated rings. The van der Waals surface area contributed by atoms with Gasteiger partial charge in [0.1, 0.15) is 0 Å². The fourth-order valence-electron chi connectivity index (χ4n) is 8.20. The Bertz CT molecular complexity index is 1740. The van der Waals surface area contributed by atoms with E-state index >= 15 is 0 Å². The first kappa shape index (κ1) is 30.1. The van der Waals surface area contributed by atoms with Crippen LogP contribution in [0.1, 0.15) is 43.7 Å². The molecule has 0 radical (unpaired) electrons. The van der Waals surface area contributed by atoms with Gasteiger partial charge in [-0.15, -0.1) is 0 Å². The number of hydrogen-bond donors (Lipinski definition) is 1. The fraction of sp³-hybridized carbons (Fsp3) is 0.368. The van der Waals surface area contributed by atoms with Gasteiger partial charge in [0, 0.05) is 48.3 Å². The average Bonchev–Trinajstić information content (AvgIpc) is 3.32. The van der Waals surface area contributed by atoms with Gasteiger partial charge in [-0.2, -0.15) is 0 Å². The number of phenols is 1. The molecule has 0 spiro atoms. The van der Waals surface area contributed by atoms with Gasteiger partial charge in [-0.1, -0.05) is 60.2 Å². The van der Waals surface area contributed by atoms with Crippen LogP contribution in [0.15, 0.2) is 89.1 Å². The zero-order valence-corrected chi connectivity index (χ0v) is 26.1. The number of allylic oxidation sites excluding steroid dienone is 7. The SMILES string of the molecule is COc1cc(C=C[C@H]2C3=CC[C@@H]4C(=O)N(C5CCN(Cc6ccccc6)CC5)C(=O)[C@@H]4[C@@H]3CC3=C2C(=O)C(C)=CC3=O)ccc1O. The fourth-order valence-corrected chi connectivity index (χ4v) is 8.20. The Morgan fingerprint density at radius 1 is 0.978 bits per heavy atom. The minimum absolute atomic E-state index is 0.0214. The minimum atomic E-state index is -0.552. The molecule has 0 unspecified atom stereocenters. The van der Waals surface area contributed by atoms with E-state index in [0.29, 0.717) is 28.9 Å². The summed E-state index contributed by atoms with van der Waals surface area (Å²) in [7, 11) is 1.48. The number of Topliss-reactive ketones (excluding diaryl/α,β-unsaturated/α-hetero) is 1. The number of benzene rings is 2. The van der Waals surface area contributed by atoms with Crippen molar-refractivity contribution in [1.82, 2.24) is 9.80 Å². The Morgan fingerprint density at radius 3 is 2.48 bits per heavy atom. The van der Waals surface area contributed by atoms with Gasteiger partial charge in [0.05, 0.1) is 18.9 Å². The largest absolute Gasteiger partial charge is 0.504 e. The van der Waals surface area contributed by atoms with Gasteiger partial charge < -0.3 is 9.84 Å². The van der Waals surface area contributed by atoms with Crippen molar-refractivity contribution in [3.63, 3.8) is 0 Å². The molecule has 0 saturated carbocycles. The maximum Gasteiger partial charge on any atom is 0.233 e. The molecule has 46 heavy (non-hydrogen) atoms. The Kier molecular flexibility index (Phi) is 7.85. The highest BCUT2D eigenvalue weighted by molar-refractivity contribution is 6.23. The predicted molar refractivity (Wildman–Crippen MR) is 172 cm³/mol. The van der Waals surface area contributed by atoms with Crippen molar-refractivity contribution in [3.8, 4) is 11.5 Å². The van der Waals surface area contributed by atoms with Crippen LogP contribution in [0.5, 0.6) is 11.5 Å². The highest BCUT2D eigenvalue weighted by atomic mass is 16.5. The quantitative estimate of drug-likeness (QED) is 0.275. The van der Waals surface area contributed by atoms with Crippen LogP contribution in [-0.2, 0) is 25.7 Å². The van der Waals surface area contributed by atoms with Gasteiger partial charge in [-0.05, 0) is 67.9 Å². The highest BCUT2D eigenvalue weighted by Crippen LogP contribution is 2.53. The topological polar surface area (TPSA) is 104 Å². The van der Waals surface area contributed by atoms with Gasteiger partial charge >= 0.3 is 0 Å². The molecule has 2 heterocycles. The van der Waals surface area contributed by atoms with Crippen molar-refractivity contribution in [3.05, 3.63) is 100 Å². The lowest BCUT2D eigenvalue weighted by molar-refractivity contribution is -0.144. The van der Waals surface area contributed by atoms with Crippen LogP contribution in [0, 0.1) is 23.7 Å². The van der Waals surface area contributed by atoms with Crippen molar-refractivity contribution in [2.75, 3.05) is 20.2 Å². The number of carbonyl (C=O) groups excluding carboxylic acids is 4. The first-order chi connectivity index (χ1) is 22.2. The van der Waals surface area contributed by atoms with Crippen molar-refractivity contribution in [2.24, 2.45) is 23.7 Å². The van der Waals surface area contributed by atoms with Crippen LogP contribution >= 0.6 is 0 Å². The second kappa shape index (κ2) is 12.0. The number of likely N-dealkylation sites (tertiary alicyclic amines) is 2. The molecule has 2 aromatic carbocycles. The second-order valence-corrected chi connectivity index (χ2v) is 13.1. The Balaban J connectivity index is 1.16. The zero-order chi connectivity index (χ0) is 32.1. The number of ether oxygens (including phenoxy) is 1. The van der Waals surface area contributed by atoms with Crippen LogP contribution < -0.4 is 4.74 Å². The molecule has 2 amide bonds. The second-order valence-electron chi connectivity index (χ2n) is 13.1. The van der Waals surface area contributed by atoms with Gasteiger partial charge in [-0.3, -0.25) is 29.0 Å². The number of imide groups is 1. The first-order valence-electron chi connectivity index (χ1n) is 16.1. The summed E-state index contributed by atoms with van der Waals surface area (Å²) < 4.78 is 5.27. The third-order valence-electron chi connectivity index (χ3n) is 10.5. The van der Waals surface area contributed by atoms with E-state index in [-0.39, 0.29) is 47.5 Å². The highest BCUT2D eigenvalue weighted by Gasteiger charge is 2.57. The standard InChI is InChI=1S/C38H38N2O6/c1-22-18-32(42)30-20-29-26(27(34(30)36(22)43)10-8-23-9-13-31(41)33(19-23)46-2)11-12-28-35(29)38(45)40(37(28)44)25-14-16-39(17-15-25)21-24-6-4-3-5-7-24/h3-11,13,18-19,25,27-29,35,41H,12,14-17,20-21H2,1-2H3/t27-,28-,29+,35-/m0/s1. The molecule has 8 nitrogen and oxygen atoms in total. The zero-order valence-electron chi connectivity index (χ0n) is 26.1. The summed E-state index contributed by atoms with van der Waals surface area (Å²) in [5.74, 6) is -2.10. The molecule has 8 heteroatoms. The third kappa shape index (κ3) is 5.14. The molecule has 236 valence electrons. The van der Waals surface area contributed by atoms with Crippen molar-refractivity contribution >= 4 is 29.5 Å². The van der Waals surface area contributed by atoms with Gasteiger partial charge in [0.2, 0.25) is 11.8 Å². The predicted octanol–water partition coefficient (Wildman–Crippen LogP) is 5.04. The number of fused-ring (bicyclic) bond motifs is 3. The summed E-state index contributed by atoms with van der Waals surface area (Å²) in [4.78, 5) is 59.0. The van der Waals surface area contributed by atoms with Crippen LogP contribution in [0.25, 0.3) is 6.08 Å². The molecular weight excluding hydrogens is 580 g/mol. The number of nitrogens with zero attached hydrogens (tertiary/aromatic N) is 2. The lowest BCUT2D eigenvalue weighted by Gasteiger charge is -2.41. The van der Waals surface area contributed by atoms with Crippen LogP contribution in [0.3, 0.4) is 0 Å². The summed E-state index contributed by atoms with van der Waals surface area (Å²) in [6.07, 6.45) is 9.40. The molecule has 3 aliphatic carbocycles. The number of piperidine rings is 1. The van der Waals surface area contributed by atoms with E-state index in [9.17, 15) is 24.3 Å². The molecule has 4 atom stereocenters. The summed E-state index contributed by atoms with van der Waals surface area (Å²) >= 11 is 0. The van der Waals surface area contributed by atoms with E-state index in [1.54, 1.807) is 30.0 Å². The monoisotopic (exact) mass is 618 g/mol. The molecule has 2 aromatic rings. The normalized spacial score (nSPS) is 27.0. The molecule has 1 N–H and O–H groups in total. The molecule has 2 saturated heterocycles. The van der Waals surface area contributed by atoms with E-state index in [1.807, 2.05) is 36.4 Å². The molecule has 5 aliphatic rings. The average molecular weight is 619 g/mol. The van der Waals surface area contributed by atoms with Gasteiger partial charge in [0.25, 0.3) is 0 Å². The number of methoxy groups -OCH3 is 1. The lowest BCUT2D eigenvalue weighted by Crippen LogP contribution is -2.47. The van der Waals surface area contributed by atoms with Crippen molar-refractivity contribution in [2.45, 2.75) is 45.2 Å².